The van der Waals surface area contributed by atoms with E-state index < -0.39 is 0 Å². The molecular weight excluding hydrogens is 314 g/mol. The molecule has 0 saturated heterocycles. The fourth-order valence-electron chi connectivity index (χ4n) is 3.39. The number of aromatic nitrogens is 1. The van der Waals surface area contributed by atoms with Crippen LogP contribution in [0.2, 0.25) is 0 Å². The van der Waals surface area contributed by atoms with Crippen molar-refractivity contribution in [2.75, 3.05) is 19.6 Å². The number of carbonyl (C=O) groups excluding carboxylic acids is 2. The molecule has 0 radical (unpaired) electrons. The molecule has 0 spiro atoms. The van der Waals surface area contributed by atoms with Crippen molar-refractivity contribution in [3.8, 4) is 0 Å². The van der Waals surface area contributed by atoms with Gasteiger partial charge in [0, 0.05) is 43.9 Å². The van der Waals surface area contributed by atoms with E-state index in [4.69, 9.17) is 0 Å². The van der Waals surface area contributed by atoms with Gasteiger partial charge in [-0.1, -0.05) is 18.2 Å². The number of benzene rings is 1. The highest BCUT2D eigenvalue weighted by Crippen LogP contribution is 2.27. The minimum atomic E-state index is 0.000913. The van der Waals surface area contributed by atoms with Crippen molar-refractivity contribution in [2.45, 2.75) is 25.8 Å². The Hall–Kier alpha value is -2.56. The number of amides is 2. The van der Waals surface area contributed by atoms with Crippen LogP contribution < -0.4 is 5.32 Å². The molecule has 1 saturated carbocycles. The lowest BCUT2D eigenvalue weighted by Gasteiger charge is -2.20. The van der Waals surface area contributed by atoms with E-state index in [-0.39, 0.29) is 11.8 Å². The highest BCUT2D eigenvalue weighted by atomic mass is 16.2. The Kier molecular flexibility index (Phi) is 4.30. The molecule has 2 aliphatic rings. The lowest BCUT2D eigenvalue weighted by atomic mass is 10.2. The minimum absolute atomic E-state index is 0.000913. The van der Waals surface area contributed by atoms with Crippen LogP contribution in [0.1, 0.15) is 39.4 Å². The highest BCUT2D eigenvalue weighted by molar-refractivity contribution is 5.94. The number of nitrogens with zero attached hydrogens (tertiary/aromatic N) is 2. The van der Waals surface area contributed by atoms with Gasteiger partial charge in [-0.05, 0) is 43.0 Å². The van der Waals surface area contributed by atoms with Gasteiger partial charge < -0.3 is 14.8 Å². The molecule has 4 rings (SSSR count). The minimum Gasteiger partial charge on any atom is -0.350 e. The summed E-state index contributed by atoms with van der Waals surface area (Å²) >= 11 is 0. The van der Waals surface area contributed by atoms with E-state index in [1.807, 2.05) is 47.4 Å². The summed E-state index contributed by atoms with van der Waals surface area (Å²) in [4.78, 5) is 27.0. The van der Waals surface area contributed by atoms with E-state index in [0.29, 0.717) is 31.2 Å². The molecule has 1 aromatic heterocycles. The third kappa shape index (κ3) is 3.45. The largest absolute Gasteiger partial charge is 0.350 e. The maximum atomic E-state index is 12.7. The van der Waals surface area contributed by atoms with Crippen LogP contribution in [0.3, 0.4) is 0 Å². The van der Waals surface area contributed by atoms with Crippen molar-refractivity contribution in [3.05, 3.63) is 59.4 Å². The van der Waals surface area contributed by atoms with Gasteiger partial charge in [0.05, 0.1) is 0 Å². The third-order valence-corrected chi connectivity index (χ3v) is 5.09. The van der Waals surface area contributed by atoms with Crippen LogP contribution in [0, 0.1) is 5.92 Å². The number of nitrogens with one attached hydrogen (secondary N) is 1. The molecule has 1 fully saturated rings. The fourth-order valence-corrected chi connectivity index (χ4v) is 3.39. The molecule has 2 aromatic rings. The highest BCUT2D eigenvalue weighted by Gasteiger charge is 2.25. The maximum Gasteiger partial charge on any atom is 0.267 e. The molecule has 0 atom stereocenters. The van der Waals surface area contributed by atoms with E-state index in [1.54, 1.807) is 0 Å². The summed E-state index contributed by atoms with van der Waals surface area (Å²) in [5.41, 5.74) is 2.56. The second-order valence-corrected chi connectivity index (χ2v) is 6.92. The molecular formula is C20H23N3O2. The van der Waals surface area contributed by atoms with Gasteiger partial charge >= 0.3 is 0 Å². The van der Waals surface area contributed by atoms with Crippen molar-refractivity contribution >= 4 is 11.8 Å². The second-order valence-electron chi connectivity index (χ2n) is 6.92. The fraction of sp³-hybridized carbons (Fsp3) is 0.400. The number of fused-ring (bicyclic) bond motifs is 1. The summed E-state index contributed by atoms with van der Waals surface area (Å²) in [5.74, 6) is 0.730. The molecule has 1 N–H and O–H groups in total. The maximum absolute atomic E-state index is 12.7. The topological polar surface area (TPSA) is 54.3 Å². The summed E-state index contributed by atoms with van der Waals surface area (Å²) < 4.78 is 2.07. The number of hydrogen-bond donors (Lipinski definition) is 1. The van der Waals surface area contributed by atoms with Gasteiger partial charge in [-0.15, -0.1) is 0 Å². The lowest BCUT2D eigenvalue weighted by Crippen LogP contribution is -2.34. The normalized spacial score (nSPS) is 16.9. The van der Waals surface area contributed by atoms with E-state index in [9.17, 15) is 9.59 Å². The molecule has 0 bridgehead atoms. The molecule has 2 heterocycles. The van der Waals surface area contributed by atoms with Crippen LogP contribution >= 0.6 is 0 Å². The zero-order chi connectivity index (χ0) is 17.2. The monoisotopic (exact) mass is 337 g/mol. The van der Waals surface area contributed by atoms with Gasteiger partial charge in [0.15, 0.2) is 0 Å². The SMILES string of the molecule is O=C(NCC1CC1)c1ccc2n1CCN(C(=O)c1ccccc1)CC2. The second kappa shape index (κ2) is 6.75. The first-order valence-electron chi connectivity index (χ1n) is 9.03. The number of hydrogen-bond acceptors (Lipinski definition) is 2. The van der Waals surface area contributed by atoms with Crippen molar-refractivity contribution < 1.29 is 9.59 Å². The summed E-state index contributed by atoms with van der Waals surface area (Å²) in [6.07, 6.45) is 3.22. The van der Waals surface area contributed by atoms with Crippen molar-refractivity contribution in [1.82, 2.24) is 14.8 Å². The molecule has 5 nitrogen and oxygen atoms in total. The Labute approximate surface area is 147 Å². The Bertz CT molecular complexity index is 777. The Balaban J connectivity index is 1.45. The van der Waals surface area contributed by atoms with Gasteiger partial charge in [-0.25, -0.2) is 0 Å². The standard InChI is InChI=1S/C20H23N3O2/c24-19(21-14-15-6-7-15)18-9-8-17-10-11-22(12-13-23(17)18)20(25)16-4-2-1-3-5-16/h1-5,8-9,15H,6-7,10-14H2,(H,21,24). The predicted molar refractivity (Wildman–Crippen MR) is 95.5 cm³/mol. The van der Waals surface area contributed by atoms with Crippen LogP contribution in [0.5, 0.6) is 0 Å². The zero-order valence-electron chi connectivity index (χ0n) is 14.3. The summed E-state index contributed by atoms with van der Waals surface area (Å²) in [7, 11) is 0. The van der Waals surface area contributed by atoms with Crippen molar-refractivity contribution in [3.63, 3.8) is 0 Å². The molecule has 25 heavy (non-hydrogen) atoms. The van der Waals surface area contributed by atoms with E-state index in [2.05, 4.69) is 9.88 Å². The lowest BCUT2D eigenvalue weighted by molar-refractivity contribution is 0.0759. The Morgan fingerprint density at radius 3 is 2.56 bits per heavy atom. The van der Waals surface area contributed by atoms with E-state index in [0.717, 1.165) is 24.2 Å². The van der Waals surface area contributed by atoms with Crippen LogP contribution in [-0.2, 0) is 13.0 Å². The van der Waals surface area contributed by atoms with E-state index >= 15 is 0 Å². The first-order chi connectivity index (χ1) is 12.2. The molecule has 1 aromatic carbocycles. The molecule has 130 valence electrons. The molecule has 1 aliphatic heterocycles. The Morgan fingerprint density at radius 2 is 1.80 bits per heavy atom. The third-order valence-electron chi connectivity index (χ3n) is 5.09. The number of rotatable bonds is 4. The van der Waals surface area contributed by atoms with Gasteiger partial charge in [0.25, 0.3) is 11.8 Å². The first-order valence-corrected chi connectivity index (χ1v) is 9.03. The quantitative estimate of drug-likeness (QED) is 0.931. The Morgan fingerprint density at radius 1 is 1.00 bits per heavy atom. The molecule has 0 unspecified atom stereocenters. The van der Waals surface area contributed by atoms with E-state index in [1.165, 1.54) is 12.8 Å². The summed E-state index contributed by atoms with van der Waals surface area (Å²) in [6, 6.07) is 13.3. The molecule has 5 heteroatoms. The van der Waals surface area contributed by atoms with Gasteiger partial charge in [0.1, 0.15) is 5.69 Å². The first kappa shape index (κ1) is 15.9. The van der Waals surface area contributed by atoms with Gasteiger partial charge in [-0.3, -0.25) is 9.59 Å². The molecule has 1 aliphatic carbocycles. The van der Waals surface area contributed by atoms with Crippen molar-refractivity contribution in [1.29, 1.82) is 0 Å². The summed E-state index contributed by atoms with van der Waals surface area (Å²) in [5, 5.41) is 3.04. The van der Waals surface area contributed by atoms with Crippen LogP contribution in [0.25, 0.3) is 0 Å². The average molecular weight is 337 g/mol. The zero-order valence-corrected chi connectivity index (χ0v) is 14.3. The van der Waals surface area contributed by atoms with Gasteiger partial charge in [0.2, 0.25) is 0 Å². The average Bonchev–Trinajstić information content (AvgIpc) is 3.43. The summed E-state index contributed by atoms with van der Waals surface area (Å²) in [6.45, 7) is 2.74. The van der Waals surface area contributed by atoms with Crippen LogP contribution in [0.4, 0.5) is 0 Å². The number of carbonyl (C=O) groups is 2. The van der Waals surface area contributed by atoms with Crippen molar-refractivity contribution in [2.24, 2.45) is 5.92 Å². The predicted octanol–water partition coefficient (Wildman–Crippen LogP) is 2.33. The smallest absolute Gasteiger partial charge is 0.267 e. The van der Waals surface area contributed by atoms with Gasteiger partial charge in [-0.2, -0.15) is 0 Å². The molecule has 2 amide bonds. The van der Waals surface area contributed by atoms with Crippen LogP contribution in [0.15, 0.2) is 42.5 Å². The van der Waals surface area contributed by atoms with Crippen LogP contribution in [-0.4, -0.2) is 40.9 Å².